The van der Waals surface area contributed by atoms with Gasteiger partial charge in [-0.3, -0.25) is 10.1 Å². The highest BCUT2D eigenvalue weighted by atomic mass is 79.9. The predicted octanol–water partition coefficient (Wildman–Crippen LogP) is 6.01. The Morgan fingerprint density at radius 3 is 2.86 bits per heavy atom. The molecular formula is C18H12Br2ClN3O2S2. The molecule has 0 atom stereocenters. The SMILES string of the molecule is COc1c(Br)cc(Br)cc1/C=C/C(=O)NC(=S)Nc1nc2ccc(Cl)cc2s1. The number of thiazole rings is 1. The van der Waals surface area contributed by atoms with Crippen LogP contribution in [0.3, 0.4) is 0 Å². The number of amides is 1. The first kappa shape index (κ1) is 21.2. The van der Waals surface area contributed by atoms with Gasteiger partial charge in [-0.15, -0.1) is 0 Å². The van der Waals surface area contributed by atoms with Crippen molar-refractivity contribution in [3.05, 3.63) is 55.9 Å². The van der Waals surface area contributed by atoms with Gasteiger partial charge in [-0.25, -0.2) is 4.98 Å². The maximum absolute atomic E-state index is 12.2. The molecule has 10 heteroatoms. The van der Waals surface area contributed by atoms with E-state index in [-0.39, 0.29) is 11.0 Å². The molecule has 0 aliphatic heterocycles. The third-order valence-electron chi connectivity index (χ3n) is 3.46. The van der Waals surface area contributed by atoms with Gasteiger partial charge in [-0.2, -0.15) is 0 Å². The van der Waals surface area contributed by atoms with Crippen LogP contribution in [-0.2, 0) is 4.79 Å². The van der Waals surface area contributed by atoms with Crippen molar-refractivity contribution in [1.29, 1.82) is 0 Å². The minimum atomic E-state index is -0.375. The molecule has 0 radical (unpaired) electrons. The number of ether oxygens (including phenoxy) is 1. The summed E-state index contributed by atoms with van der Waals surface area (Å²) >= 11 is 19.4. The smallest absolute Gasteiger partial charge is 0.250 e. The summed E-state index contributed by atoms with van der Waals surface area (Å²) in [6.07, 6.45) is 3.02. The number of anilines is 1. The average molecular weight is 562 g/mol. The molecule has 3 rings (SSSR count). The highest BCUT2D eigenvalue weighted by molar-refractivity contribution is 9.11. The van der Waals surface area contributed by atoms with Gasteiger partial charge in [0, 0.05) is 21.1 Å². The van der Waals surface area contributed by atoms with E-state index in [0.717, 1.165) is 24.7 Å². The lowest BCUT2D eigenvalue weighted by molar-refractivity contribution is -0.115. The van der Waals surface area contributed by atoms with E-state index in [0.29, 0.717) is 15.9 Å². The van der Waals surface area contributed by atoms with Crippen LogP contribution in [0.5, 0.6) is 5.75 Å². The van der Waals surface area contributed by atoms with Crippen LogP contribution >= 0.6 is 67.0 Å². The third-order valence-corrected chi connectivity index (χ3v) is 5.88. The van der Waals surface area contributed by atoms with Crippen molar-refractivity contribution < 1.29 is 9.53 Å². The largest absolute Gasteiger partial charge is 0.495 e. The number of methoxy groups -OCH3 is 1. The fraction of sp³-hybridized carbons (Fsp3) is 0.0556. The van der Waals surface area contributed by atoms with Gasteiger partial charge in [0.2, 0.25) is 5.91 Å². The van der Waals surface area contributed by atoms with Gasteiger partial charge in [0.05, 0.1) is 21.8 Å². The molecule has 0 fully saturated rings. The van der Waals surface area contributed by atoms with E-state index in [1.54, 1.807) is 19.3 Å². The maximum atomic E-state index is 12.2. The number of benzene rings is 2. The number of nitrogens with one attached hydrogen (secondary N) is 2. The molecule has 1 heterocycles. The number of aromatic nitrogens is 1. The zero-order valence-electron chi connectivity index (χ0n) is 14.3. The van der Waals surface area contributed by atoms with Crippen molar-refractivity contribution >= 4 is 99.5 Å². The fourth-order valence-corrected chi connectivity index (χ4v) is 5.15. The van der Waals surface area contributed by atoms with E-state index >= 15 is 0 Å². The van der Waals surface area contributed by atoms with Crippen LogP contribution in [0.4, 0.5) is 5.13 Å². The summed E-state index contributed by atoms with van der Waals surface area (Å²) in [5.41, 5.74) is 1.54. The van der Waals surface area contributed by atoms with Crippen molar-refractivity contribution in [3.63, 3.8) is 0 Å². The number of halogens is 3. The molecular weight excluding hydrogens is 550 g/mol. The van der Waals surface area contributed by atoms with Crippen molar-refractivity contribution in [2.24, 2.45) is 0 Å². The fourth-order valence-electron chi connectivity index (χ4n) is 2.32. The second-order valence-electron chi connectivity index (χ2n) is 5.42. The first-order chi connectivity index (χ1) is 13.4. The highest BCUT2D eigenvalue weighted by Crippen LogP contribution is 2.33. The third kappa shape index (κ3) is 5.30. The Labute approximate surface area is 192 Å². The summed E-state index contributed by atoms with van der Waals surface area (Å²) in [5, 5.41) is 6.87. The lowest BCUT2D eigenvalue weighted by Gasteiger charge is -2.08. The Kier molecular flexibility index (Phi) is 7.05. The summed E-state index contributed by atoms with van der Waals surface area (Å²) in [5.74, 6) is 0.251. The van der Waals surface area contributed by atoms with Gasteiger partial charge in [0.1, 0.15) is 5.75 Å². The number of hydrogen-bond donors (Lipinski definition) is 2. The summed E-state index contributed by atoms with van der Waals surface area (Å²) in [6.45, 7) is 0. The summed E-state index contributed by atoms with van der Waals surface area (Å²) in [7, 11) is 1.57. The van der Waals surface area contributed by atoms with Gasteiger partial charge < -0.3 is 10.1 Å². The molecule has 3 aromatic rings. The standard InChI is InChI=1S/C18H12Br2ClN3O2S2/c1-26-16-9(6-10(19)7-12(16)20)2-5-15(25)23-17(27)24-18-22-13-4-3-11(21)8-14(13)28-18/h2-8H,1H3,(H2,22,23,24,25,27)/b5-2+. The lowest BCUT2D eigenvalue weighted by atomic mass is 10.2. The van der Waals surface area contributed by atoms with Crippen molar-refractivity contribution in [3.8, 4) is 5.75 Å². The normalized spacial score (nSPS) is 11.0. The first-order valence-corrected chi connectivity index (χ1v) is 10.9. The molecule has 144 valence electrons. The van der Waals surface area contributed by atoms with E-state index in [4.69, 9.17) is 28.6 Å². The predicted molar refractivity (Wildman–Crippen MR) is 126 cm³/mol. The Bertz CT molecular complexity index is 1100. The number of rotatable bonds is 4. The maximum Gasteiger partial charge on any atom is 0.250 e. The summed E-state index contributed by atoms with van der Waals surface area (Å²) < 4.78 is 7.91. The second kappa shape index (κ2) is 9.32. The van der Waals surface area contributed by atoms with Gasteiger partial charge in [-0.1, -0.05) is 38.9 Å². The zero-order chi connectivity index (χ0) is 20.3. The van der Waals surface area contributed by atoms with Crippen LogP contribution in [0.25, 0.3) is 16.3 Å². The lowest BCUT2D eigenvalue weighted by Crippen LogP contribution is -2.32. The molecule has 2 N–H and O–H groups in total. The van der Waals surface area contributed by atoms with Crippen LogP contribution in [0.2, 0.25) is 5.02 Å². The van der Waals surface area contributed by atoms with Crippen LogP contribution < -0.4 is 15.4 Å². The molecule has 0 saturated heterocycles. The minimum Gasteiger partial charge on any atom is -0.495 e. The molecule has 0 bridgehead atoms. The van der Waals surface area contributed by atoms with Gasteiger partial charge >= 0.3 is 0 Å². The van der Waals surface area contributed by atoms with E-state index in [9.17, 15) is 4.79 Å². The molecule has 0 unspecified atom stereocenters. The average Bonchev–Trinajstić information content (AvgIpc) is 3.00. The number of carbonyl (C=O) groups is 1. The van der Waals surface area contributed by atoms with Gasteiger partial charge in [0.15, 0.2) is 10.2 Å². The topological polar surface area (TPSA) is 63.2 Å². The molecule has 28 heavy (non-hydrogen) atoms. The van der Waals surface area contributed by atoms with Crippen LogP contribution in [0, 0.1) is 0 Å². The van der Waals surface area contributed by atoms with Crippen LogP contribution in [0.1, 0.15) is 5.56 Å². The summed E-state index contributed by atoms with van der Waals surface area (Å²) in [4.78, 5) is 16.6. The molecule has 0 aliphatic carbocycles. The number of fused-ring (bicyclic) bond motifs is 1. The quantitative estimate of drug-likeness (QED) is 0.302. The number of carbonyl (C=O) groups excluding carboxylic acids is 1. The molecule has 1 aromatic heterocycles. The van der Waals surface area contributed by atoms with Crippen molar-refractivity contribution in [2.45, 2.75) is 0 Å². The molecule has 0 saturated carbocycles. The van der Waals surface area contributed by atoms with Crippen LogP contribution in [0.15, 0.2) is 45.4 Å². The Morgan fingerprint density at radius 1 is 1.32 bits per heavy atom. The van der Waals surface area contributed by atoms with E-state index in [1.807, 2.05) is 24.3 Å². The monoisotopic (exact) mass is 559 g/mol. The van der Waals surface area contributed by atoms with E-state index < -0.39 is 0 Å². The number of thiocarbonyl (C=S) groups is 1. The first-order valence-electron chi connectivity index (χ1n) is 7.75. The Hall–Kier alpha value is -1.52. The highest BCUT2D eigenvalue weighted by Gasteiger charge is 2.09. The minimum absolute atomic E-state index is 0.155. The molecule has 1 amide bonds. The number of nitrogens with zero attached hydrogens (tertiary/aromatic N) is 1. The van der Waals surface area contributed by atoms with Crippen LogP contribution in [-0.4, -0.2) is 23.1 Å². The molecule has 0 aliphatic rings. The van der Waals surface area contributed by atoms with Gasteiger partial charge in [-0.05, 0) is 64.6 Å². The Morgan fingerprint density at radius 2 is 2.11 bits per heavy atom. The molecule has 2 aromatic carbocycles. The van der Waals surface area contributed by atoms with Crippen molar-refractivity contribution in [1.82, 2.24) is 10.3 Å². The second-order valence-corrected chi connectivity index (χ2v) is 9.06. The molecule has 0 spiro atoms. The number of hydrogen-bond acceptors (Lipinski definition) is 5. The van der Waals surface area contributed by atoms with E-state index in [2.05, 4.69) is 47.5 Å². The zero-order valence-corrected chi connectivity index (χ0v) is 19.8. The van der Waals surface area contributed by atoms with Crippen molar-refractivity contribution in [2.75, 3.05) is 12.4 Å². The molecule has 5 nitrogen and oxygen atoms in total. The Balaban J connectivity index is 1.65. The summed E-state index contributed by atoms with van der Waals surface area (Å²) in [6, 6.07) is 9.13. The van der Waals surface area contributed by atoms with E-state index in [1.165, 1.54) is 17.4 Å². The van der Waals surface area contributed by atoms with Gasteiger partial charge in [0.25, 0.3) is 0 Å².